The van der Waals surface area contributed by atoms with Gasteiger partial charge in [0.2, 0.25) is 0 Å². The first-order valence-corrected chi connectivity index (χ1v) is 5.36. The van der Waals surface area contributed by atoms with Crippen molar-refractivity contribution in [3.05, 3.63) is 23.9 Å². The zero-order valence-electron chi connectivity index (χ0n) is 9.43. The van der Waals surface area contributed by atoms with Crippen LogP contribution in [0.5, 0.6) is 5.75 Å². The van der Waals surface area contributed by atoms with Crippen LogP contribution < -0.4 is 4.74 Å². The van der Waals surface area contributed by atoms with Gasteiger partial charge in [0, 0.05) is 18.4 Å². The Morgan fingerprint density at radius 1 is 1.44 bits per heavy atom. The van der Waals surface area contributed by atoms with Gasteiger partial charge in [-0.3, -0.25) is 0 Å². The second-order valence-electron chi connectivity index (χ2n) is 3.93. The van der Waals surface area contributed by atoms with E-state index < -0.39 is 0 Å². The van der Waals surface area contributed by atoms with Gasteiger partial charge in [-0.15, -0.1) is 0 Å². The van der Waals surface area contributed by atoms with Crippen LogP contribution in [0.2, 0.25) is 0 Å². The van der Waals surface area contributed by atoms with Gasteiger partial charge in [-0.1, -0.05) is 5.16 Å². The Balaban J connectivity index is 2.37. The van der Waals surface area contributed by atoms with Gasteiger partial charge in [0.25, 0.3) is 0 Å². The molecule has 2 aromatic rings. The fourth-order valence-corrected chi connectivity index (χ4v) is 1.60. The third-order valence-corrected chi connectivity index (χ3v) is 2.24. The van der Waals surface area contributed by atoms with Crippen molar-refractivity contribution in [3.8, 4) is 5.75 Å². The van der Waals surface area contributed by atoms with E-state index in [1.54, 1.807) is 0 Å². The molecule has 2 rings (SSSR count). The van der Waals surface area contributed by atoms with Gasteiger partial charge in [0.05, 0.1) is 11.8 Å². The van der Waals surface area contributed by atoms with Crippen LogP contribution in [0.15, 0.2) is 22.7 Å². The Morgan fingerprint density at radius 2 is 2.25 bits per heavy atom. The third-order valence-electron chi connectivity index (χ3n) is 2.24. The highest BCUT2D eigenvalue weighted by Crippen LogP contribution is 2.24. The van der Waals surface area contributed by atoms with E-state index in [1.807, 2.05) is 32.0 Å². The average molecular weight is 221 g/mol. The van der Waals surface area contributed by atoms with Gasteiger partial charge in [0.15, 0.2) is 5.58 Å². The molecular weight excluding hydrogens is 206 g/mol. The number of aromatic nitrogens is 1. The number of aliphatic hydroxyl groups is 1. The molecule has 1 heterocycles. The highest BCUT2D eigenvalue weighted by atomic mass is 16.5. The first-order chi connectivity index (χ1) is 7.70. The first kappa shape index (κ1) is 11.0. The molecule has 0 aliphatic heterocycles. The Kier molecular flexibility index (Phi) is 3.10. The molecule has 0 unspecified atom stereocenters. The summed E-state index contributed by atoms with van der Waals surface area (Å²) in [6, 6.07) is 5.59. The number of fused-ring (bicyclic) bond motifs is 1. The molecular formula is C12H15NO3. The van der Waals surface area contributed by atoms with Crippen LogP contribution in [0, 0.1) is 0 Å². The van der Waals surface area contributed by atoms with Crippen molar-refractivity contribution < 1.29 is 14.4 Å². The molecule has 0 atom stereocenters. The maximum absolute atomic E-state index is 8.90. The molecule has 1 aromatic heterocycles. The molecule has 0 spiro atoms. The standard InChI is InChI=1S/C12H15NO3/c1-8(2)15-9-3-4-12-10(7-9)11(5-6-14)13-16-12/h3-4,7-8,14H,5-6H2,1-2H3. The quantitative estimate of drug-likeness (QED) is 0.859. The number of ether oxygens (including phenoxy) is 1. The van der Waals surface area contributed by atoms with Crippen molar-refractivity contribution in [3.63, 3.8) is 0 Å². The molecule has 0 radical (unpaired) electrons. The number of benzene rings is 1. The van der Waals surface area contributed by atoms with Crippen molar-refractivity contribution in [1.29, 1.82) is 0 Å². The van der Waals surface area contributed by atoms with Gasteiger partial charge in [0.1, 0.15) is 5.75 Å². The fraction of sp³-hybridized carbons (Fsp3) is 0.417. The van der Waals surface area contributed by atoms with Crippen LogP contribution in [-0.2, 0) is 6.42 Å². The summed E-state index contributed by atoms with van der Waals surface area (Å²) in [7, 11) is 0. The molecule has 0 aliphatic carbocycles. The number of hydrogen-bond acceptors (Lipinski definition) is 4. The predicted octanol–water partition coefficient (Wildman–Crippen LogP) is 2.15. The molecule has 0 bridgehead atoms. The van der Waals surface area contributed by atoms with Crippen LogP contribution in [0.4, 0.5) is 0 Å². The third kappa shape index (κ3) is 2.17. The zero-order valence-corrected chi connectivity index (χ0v) is 9.43. The summed E-state index contributed by atoms with van der Waals surface area (Å²) < 4.78 is 10.7. The summed E-state index contributed by atoms with van der Waals surface area (Å²) in [5.74, 6) is 0.796. The second-order valence-corrected chi connectivity index (χ2v) is 3.93. The minimum atomic E-state index is 0.0664. The molecule has 0 saturated carbocycles. The van der Waals surface area contributed by atoms with Crippen LogP contribution in [0.25, 0.3) is 11.0 Å². The van der Waals surface area contributed by atoms with Crippen molar-refractivity contribution in [2.24, 2.45) is 0 Å². The molecule has 0 aliphatic rings. The van der Waals surface area contributed by atoms with E-state index in [-0.39, 0.29) is 12.7 Å². The Morgan fingerprint density at radius 3 is 2.94 bits per heavy atom. The maximum Gasteiger partial charge on any atom is 0.167 e. The number of aliphatic hydroxyl groups excluding tert-OH is 1. The summed E-state index contributed by atoms with van der Waals surface area (Å²) in [6.45, 7) is 4.02. The molecule has 0 saturated heterocycles. The van der Waals surface area contributed by atoms with E-state index in [2.05, 4.69) is 5.16 Å². The lowest BCUT2D eigenvalue weighted by molar-refractivity contribution is 0.242. The van der Waals surface area contributed by atoms with E-state index in [1.165, 1.54) is 0 Å². The Hall–Kier alpha value is -1.55. The monoisotopic (exact) mass is 221 g/mol. The van der Waals surface area contributed by atoms with Crippen LogP contribution in [0.3, 0.4) is 0 Å². The van der Waals surface area contributed by atoms with Gasteiger partial charge in [-0.05, 0) is 32.0 Å². The van der Waals surface area contributed by atoms with Crippen molar-refractivity contribution in [2.75, 3.05) is 6.61 Å². The van der Waals surface area contributed by atoms with E-state index in [9.17, 15) is 0 Å². The average Bonchev–Trinajstić information content (AvgIpc) is 2.61. The fourth-order valence-electron chi connectivity index (χ4n) is 1.60. The van der Waals surface area contributed by atoms with Crippen LogP contribution in [0.1, 0.15) is 19.5 Å². The lowest BCUT2D eigenvalue weighted by Crippen LogP contribution is -2.05. The smallest absolute Gasteiger partial charge is 0.167 e. The summed E-state index contributed by atoms with van der Waals surface area (Å²) in [5, 5.41) is 13.7. The van der Waals surface area contributed by atoms with Crippen LogP contribution >= 0.6 is 0 Å². The van der Waals surface area contributed by atoms with Crippen molar-refractivity contribution >= 4 is 11.0 Å². The van der Waals surface area contributed by atoms with E-state index in [0.717, 1.165) is 22.4 Å². The second kappa shape index (κ2) is 4.53. The molecule has 1 N–H and O–H groups in total. The molecule has 16 heavy (non-hydrogen) atoms. The van der Waals surface area contributed by atoms with Gasteiger partial charge < -0.3 is 14.4 Å². The lowest BCUT2D eigenvalue weighted by atomic mass is 10.1. The first-order valence-electron chi connectivity index (χ1n) is 5.36. The lowest BCUT2D eigenvalue weighted by Gasteiger charge is -2.08. The van der Waals surface area contributed by atoms with Gasteiger partial charge in [-0.2, -0.15) is 0 Å². The normalized spacial score (nSPS) is 11.2. The summed E-state index contributed by atoms with van der Waals surface area (Å²) in [5.41, 5.74) is 1.49. The van der Waals surface area contributed by atoms with Crippen LogP contribution in [-0.4, -0.2) is 23.0 Å². The SMILES string of the molecule is CC(C)Oc1ccc2onc(CCO)c2c1. The Labute approximate surface area is 93.8 Å². The number of nitrogens with zero attached hydrogens (tertiary/aromatic N) is 1. The Bertz CT molecular complexity index is 476. The predicted molar refractivity (Wildman–Crippen MR) is 60.6 cm³/mol. The number of hydrogen-bond donors (Lipinski definition) is 1. The molecule has 4 nitrogen and oxygen atoms in total. The largest absolute Gasteiger partial charge is 0.491 e. The van der Waals surface area contributed by atoms with Crippen molar-refractivity contribution in [1.82, 2.24) is 5.16 Å². The highest BCUT2D eigenvalue weighted by molar-refractivity contribution is 5.81. The molecule has 0 amide bonds. The maximum atomic E-state index is 8.90. The molecule has 1 aromatic carbocycles. The van der Waals surface area contributed by atoms with E-state index in [4.69, 9.17) is 14.4 Å². The highest BCUT2D eigenvalue weighted by Gasteiger charge is 2.09. The molecule has 4 heteroatoms. The zero-order chi connectivity index (χ0) is 11.5. The molecule has 86 valence electrons. The number of rotatable bonds is 4. The minimum Gasteiger partial charge on any atom is -0.491 e. The van der Waals surface area contributed by atoms with Gasteiger partial charge in [-0.25, -0.2) is 0 Å². The topological polar surface area (TPSA) is 55.5 Å². The summed E-state index contributed by atoms with van der Waals surface area (Å²) in [4.78, 5) is 0. The van der Waals surface area contributed by atoms with E-state index >= 15 is 0 Å². The minimum absolute atomic E-state index is 0.0664. The summed E-state index contributed by atoms with van der Waals surface area (Å²) >= 11 is 0. The van der Waals surface area contributed by atoms with Crippen molar-refractivity contribution in [2.45, 2.75) is 26.4 Å². The van der Waals surface area contributed by atoms with E-state index in [0.29, 0.717) is 6.42 Å². The molecule has 0 fully saturated rings. The van der Waals surface area contributed by atoms with Gasteiger partial charge >= 0.3 is 0 Å². The summed E-state index contributed by atoms with van der Waals surface area (Å²) in [6.07, 6.45) is 0.636.